The van der Waals surface area contributed by atoms with E-state index >= 15 is 0 Å². The Morgan fingerprint density at radius 3 is 1.64 bits per heavy atom. The van der Waals surface area contributed by atoms with E-state index < -0.39 is 0 Å². The van der Waals surface area contributed by atoms with E-state index in [1.807, 2.05) is 5.92 Å². The fourth-order valence-electron chi connectivity index (χ4n) is 6.18. The minimum absolute atomic E-state index is 0.422. The molecular weight excluding hydrogens is 264 g/mol. The second kappa shape index (κ2) is 4.47. The molecule has 1 radical (unpaired) electrons. The van der Waals surface area contributed by atoms with E-state index in [0.717, 1.165) is 5.92 Å². The molecule has 2 aromatic rings. The predicted octanol–water partition coefficient (Wildman–Crippen LogP) is 5.43. The van der Waals surface area contributed by atoms with Crippen LogP contribution in [-0.2, 0) is 10.8 Å². The van der Waals surface area contributed by atoms with Gasteiger partial charge in [0.1, 0.15) is 0 Å². The molecule has 0 heteroatoms. The molecular formula is C22H23. The highest BCUT2D eigenvalue weighted by Crippen LogP contribution is 2.66. The van der Waals surface area contributed by atoms with Gasteiger partial charge in [0.2, 0.25) is 0 Å². The highest BCUT2D eigenvalue weighted by Gasteiger charge is 2.58. The zero-order valence-electron chi connectivity index (χ0n) is 13.1. The molecule has 4 bridgehead atoms. The third kappa shape index (κ3) is 1.76. The molecule has 4 saturated carbocycles. The van der Waals surface area contributed by atoms with Gasteiger partial charge in [0.05, 0.1) is 0 Å². The Balaban J connectivity index is 1.63. The van der Waals surface area contributed by atoms with Crippen molar-refractivity contribution in [1.82, 2.24) is 0 Å². The first-order valence-corrected chi connectivity index (χ1v) is 8.73. The Bertz CT molecular complexity index is 598. The molecule has 0 amide bonds. The molecule has 2 atom stereocenters. The number of benzene rings is 2. The summed E-state index contributed by atoms with van der Waals surface area (Å²) in [6.07, 6.45) is 8.28. The van der Waals surface area contributed by atoms with Crippen molar-refractivity contribution in [3.63, 3.8) is 0 Å². The summed E-state index contributed by atoms with van der Waals surface area (Å²) in [6, 6.07) is 22.8. The summed E-state index contributed by atoms with van der Waals surface area (Å²) >= 11 is 0. The number of hydrogen-bond acceptors (Lipinski definition) is 0. The van der Waals surface area contributed by atoms with Gasteiger partial charge >= 0.3 is 0 Å². The van der Waals surface area contributed by atoms with Crippen molar-refractivity contribution in [3.05, 3.63) is 77.7 Å². The highest BCUT2D eigenvalue weighted by atomic mass is 14.6. The van der Waals surface area contributed by atoms with Gasteiger partial charge in [0.15, 0.2) is 0 Å². The SMILES string of the molecule is c1ccc(C23C[C]4CC(C2)CC(c2ccccc2)(C4)C3)cc1. The van der Waals surface area contributed by atoms with Gasteiger partial charge in [0, 0.05) is 0 Å². The van der Waals surface area contributed by atoms with Crippen molar-refractivity contribution in [3.8, 4) is 0 Å². The van der Waals surface area contributed by atoms with Crippen LogP contribution in [0.3, 0.4) is 0 Å². The van der Waals surface area contributed by atoms with E-state index in [1.54, 1.807) is 11.1 Å². The average Bonchev–Trinajstić information content (AvgIpc) is 2.55. The smallest absolute Gasteiger partial charge is 0.00304 e. The number of hydrogen-bond donors (Lipinski definition) is 0. The molecule has 2 unspecified atom stereocenters. The standard InChI is InChI=1S/C22H23/c1-3-7-19(8-4-1)21-12-17-11-18(13-21)15-22(14-17,16-21)20-9-5-2-6-10-20/h1-10,17H,11-16H2. The van der Waals surface area contributed by atoms with Gasteiger partial charge in [-0.1, -0.05) is 60.7 Å². The van der Waals surface area contributed by atoms with Crippen molar-refractivity contribution in [2.75, 3.05) is 0 Å². The maximum Gasteiger partial charge on any atom is -0.00304 e. The van der Waals surface area contributed by atoms with Gasteiger partial charge in [-0.05, 0) is 72.3 Å². The van der Waals surface area contributed by atoms with Crippen LogP contribution in [0, 0.1) is 11.8 Å². The lowest BCUT2D eigenvalue weighted by molar-refractivity contribution is 0.0350. The molecule has 0 spiro atoms. The van der Waals surface area contributed by atoms with E-state index in [-0.39, 0.29) is 0 Å². The zero-order chi connectivity index (χ0) is 14.6. The fourth-order valence-corrected chi connectivity index (χ4v) is 6.18. The fraction of sp³-hybridized carbons (Fsp3) is 0.409. The quantitative estimate of drug-likeness (QED) is 0.690. The lowest BCUT2D eigenvalue weighted by atomic mass is 9.42. The van der Waals surface area contributed by atoms with Crippen LogP contribution in [0.5, 0.6) is 0 Å². The van der Waals surface area contributed by atoms with Gasteiger partial charge in [-0.15, -0.1) is 0 Å². The second-order valence-electron chi connectivity index (χ2n) is 8.05. The third-order valence-corrected chi connectivity index (χ3v) is 6.56. The van der Waals surface area contributed by atoms with Crippen LogP contribution in [0.25, 0.3) is 0 Å². The Hall–Kier alpha value is -1.56. The molecule has 0 aliphatic heterocycles. The van der Waals surface area contributed by atoms with E-state index in [0.29, 0.717) is 10.8 Å². The lowest BCUT2D eigenvalue weighted by Crippen LogP contribution is -2.55. The van der Waals surface area contributed by atoms with Crippen LogP contribution in [0.4, 0.5) is 0 Å². The maximum absolute atomic E-state index is 2.38. The van der Waals surface area contributed by atoms with Crippen molar-refractivity contribution in [2.24, 2.45) is 5.92 Å². The molecule has 2 aromatic carbocycles. The van der Waals surface area contributed by atoms with Crippen molar-refractivity contribution >= 4 is 0 Å². The Morgan fingerprint density at radius 2 is 1.18 bits per heavy atom. The number of rotatable bonds is 2. The molecule has 0 N–H and O–H groups in total. The zero-order valence-corrected chi connectivity index (χ0v) is 13.1. The molecule has 0 aromatic heterocycles. The summed E-state index contributed by atoms with van der Waals surface area (Å²) in [5.74, 6) is 2.76. The Labute approximate surface area is 133 Å². The molecule has 111 valence electrons. The van der Waals surface area contributed by atoms with Gasteiger partial charge in [-0.3, -0.25) is 0 Å². The van der Waals surface area contributed by atoms with Gasteiger partial charge in [-0.25, -0.2) is 0 Å². The van der Waals surface area contributed by atoms with Gasteiger partial charge in [-0.2, -0.15) is 0 Å². The molecule has 6 rings (SSSR count). The molecule has 0 nitrogen and oxygen atoms in total. The highest BCUT2D eigenvalue weighted by molar-refractivity contribution is 5.40. The van der Waals surface area contributed by atoms with Crippen LogP contribution < -0.4 is 0 Å². The first kappa shape index (κ1) is 12.9. The minimum Gasteiger partial charge on any atom is -0.0622 e. The second-order valence-corrected chi connectivity index (χ2v) is 8.05. The van der Waals surface area contributed by atoms with Crippen LogP contribution in [0.2, 0.25) is 0 Å². The normalized spacial score (nSPS) is 36.6. The largest absolute Gasteiger partial charge is 0.0622 e. The van der Waals surface area contributed by atoms with Crippen molar-refractivity contribution in [1.29, 1.82) is 0 Å². The van der Waals surface area contributed by atoms with Crippen molar-refractivity contribution < 1.29 is 0 Å². The summed E-state index contributed by atoms with van der Waals surface area (Å²) in [6.45, 7) is 0. The summed E-state index contributed by atoms with van der Waals surface area (Å²) in [5, 5.41) is 0. The average molecular weight is 287 g/mol. The summed E-state index contributed by atoms with van der Waals surface area (Å²) in [4.78, 5) is 0. The van der Waals surface area contributed by atoms with Crippen LogP contribution in [0.15, 0.2) is 60.7 Å². The first-order chi connectivity index (χ1) is 10.8. The molecule has 22 heavy (non-hydrogen) atoms. The topological polar surface area (TPSA) is 0 Å². The summed E-state index contributed by atoms with van der Waals surface area (Å²) in [5.41, 5.74) is 4.03. The maximum atomic E-state index is 2.38. The van der Waals surface area contributed by atoms with Crippen LogP contribution in [0.1, 0.15) is 49.7 Å². The third-order valence-electron chi connectivity index (χ3n) is 6.56. The van der Waals surface area contributed by atoms with Gasteiger partial charge in [0.25, 0.3) is 0 Å². The first-order valence-electron chi connectivity index (χ1n) is 8.73. The Kier molecular flexibility index (Phi) is 2.63. The van der Waals surface area contributed by atoms with Crippen molar-refractivity contribution in [2.45, 2.75) is 49.4 Å². The Morgan fingerprint density at radius 1 is 0.682 bits per heavy atom. The monoisotopic (exact) mass is 287 g/mol. The van der Waals surface area contributed by atoms with Crippen LogP contribution in [-0.4, -0.2) is 0 Å². The van der Waals surface area contributed by atoms with E-state index in [2.05, 4.69) is 60.7 Å². The predicted molar refractivity (Wildman–Crippen MR) is 90.7 cm³/mol. The molecule has 4 aliphatic carbocycles. The lowest BCUT2D eigenvalue weighted by Gasteiger charge is -2.62. The molecule has 4 fully saturated rings. The molecule has 4 aliphatic rings. The van der Waals surface area contributed by atoms with E-state index in [1.165, 1.54) is 38.5 Å². The van der Waals surface area contributed by atoms with Crippen LogP contribution >= 0.6 is 0 Å². The summed E-state index contributed by atoms with van der Waals surface area (Å²) in [7, 11) is 0. The molecule has 0 heterocycles. The van der Waals surface area contributed by atoms with E-state index in [9.17, 15) is 0 Å². The molecule has 0 saturated heterocycles. The summed E-state index contributed by atoms with van der Waals surface area (Å²) < 4.78 is 0. The van der Waals surface area contributed by atoms with E-state index in [4.69, 9.17) is 0 Å². The minimum atomic E-state index is 0.422. The van der Waals surface area contributed by atoms with Gasteiger partial charge < -0.3 is 0 Å².